The Morgan fingerprint density at radius 1 is 0.903 bits per heavy atom. The fourth-order valence-corrected chi connectivity index (χ4v) is 4.15. The van der Waals surface area contributed by atoms with Crippen molar-refractivity contribution in [1.29, 1.82) is 0 Å². The zero-order chi connectivity index (χ0) is 22.5. The summed E-state index contributed by atoms with van der Waals surface area (Å²) in [5, 5.41) is 2.34. The molecule has 2 N–H and O–H groups in total. The van der Waals surface area contributed by atoms with Crippen LogP contribution in [-0.2, 0) is 11.4 Å². The van der Waals surface area contributed by atoms with E-state index in [-0.39, 0.29) is 6.61 Å². The maximum Gasteiger partial charge on any atom is 0.285 e. The molecular weight excluding hydrogens is 412 g/mol. The molecule has 1 aliphatic heterocycles. The number of hydrogen-bond acceptors (Lipinski definition) is 7. The highest BCUT2D eigenvalue weighted by Gasteiger charge is 2.36. The zero-order valence-electron chi connectivity index (χ0n) is 17.9. The van der Waals surface area contributed by atoms with Gasteiger partial charge in [-0.1, -0.05) is 58.0 Å². The Labute approximate surface area is 184 Å². The van der Waals surface area contributed by atoms with Crippen molar-refractivity contribution in [2.75, 3.05) is 5.73 Å². The molecule has 7 nitrogen and oxygen atoms in total. The Bertz CT molecular complexity index is 1220. The van der Waals surface area contributed by atoms with E-state index in [1.165, 1.54) is 11.3 Å². The molecule has 0 fully saturated rings. The average molecular weight is 437 g/mol. The number of hydrogen-bond donors (Lipinski definition) is 1. The van der Waals surface area contributed by atoms with Crippen molar-refractivity contribution >= 4 is 50.1 Å². The molecule has 0 spiro atoms. The monoisotopic (exact) mass is 436 g/mol. The molecule has 0 unspecified atom stereocenters. The molecule has 0 saturated heterocycles. The first-order valence-electron chi connectivity index (χ1n) is 10.2. The minimum atomic E-state index is -0.469. The molecule has 1 aliphatic rings. The number of rotatable bonds is 3. The Hall–Kier alpha value is -3.36. The number of pyridine rings is 1. The summed E-state index contributed by atoms with van der Waals surface area (Å²) < 4.78 is 0.902. The molecule has 31 heavy (non-hydrogen) atoms. The number of nitrogens with two attached hydrogens (primary N) is 1. The van der Waals surface area contributed by atoms with Gasteiger partial charge in [-0.25, -0.2) is 9.97 Å². The van der Waals surface area contributed by atoms with E-state index in [1.807, 2.05) is 52.0 Å². The van der Waals surface area contributed by atoms with E-state index in [4.69, 9.17) is 10.6 Å². The predicted octanol–water partition coefficient (Wildman–Crippen LogP) is 5.21. The molecule has 0 atom stereocenters. The summed E-state index contributed by atoms with van der Waals surface area (Å²) in [6.07, 6.45) is 0. The lowest BCUT2D eigenvalue weighted by Crippen LogP contribution is -2.29. The van der Waals surface area contributed by atoms with Gasteiger partial charge in [0.1, 0.15) is 17.1 Å². The SMILES string of the molecule is CC.CC.Nc1nc2ccccc2c2sc(CON3C(=O)c4ccccc4C3=O)nc12. The van der Waals surface area contributed by atoms with Crippen molar-refractivity contribution in [3.63, 3.8) is 0 Å². The van der Waals surface area contributed by atoms with E-state index in [1.54, 1.807) is 24.3 Å². The number of carbonyl (C=O) groups excluding carboxylic acids is 2. The molecule has 5 rings (SSSR count). The molecule has 2 aromatic carbocycles. The first kappa shape index (κ1) is 22.3. The molecule has 160 valence electrons. The number of anilines is 1. The van der Waals surface area contributed by atoms with Crippen molar-refractivity contribution in [1.82, 2.24) is 15.0 Å². The third-order valence-electron chi connectivity index (χ3n) is 4.38. The van der Waals surface area contributed by atoms with Crippen molar-refractivity contribution in [2.45, 2.75) is 34.3 Å². The zero-order valence-corrected chi connectivity index (χ0v) is 18.7. The molecule has 0 saturated carbocycles. The highest BCUT2D eigenvalue weighted by Crippen LogP contribution is 2.33. The van der Waals surface area contributed by atoms with Gasteiger partial charge in [0.15, 0.2) is 5.82 Å². The van der Waals surface area contributed by atoms with Crippen LogP contribution in [0.4, 0.5) is 5.82 Å². The fourth-order valence-electron chi connectivity index (χ4n) is 3.13. The molecular formula is C23H24N4O3S. The minimum absolute atomic E-state index is 0.0153. The van der Waals surface area contributed by atoms with Gasteiger partial charge >= 0.3 is 0 Å². The molecule has 0 aliphatic carbocycles. The Balaban J connectivity index is 0.000000645. The van der Waals surface area contributed by atoms with Gasteiger partial charge in [-0.05, 0) is 18.2 Å². The highest BCUT2D eigenvalue weighted by molar-refractivity contribution is 7.19. The predicted molar refractivity (Wildman–Crippen MR) is 124 cm³/mol. The van der Waals surface area contributed by atoms with Crippen LogP contribution in [0, 0.1) is 0 Å². The smallest absolute Gasteiger partial charge is 0.285 e. The molecule has 0 bridgehead atoms. The largest absolute Gasteiger partial charge is 0.382 e. The number of thiazole rings is 1. The van der Waals surface area contributed by atoms with Gasteiger partial charge in [-0.3, -0.25) is 14.4 Å². The van der Waals surface area contributed by atoms with Crippen LogP contribution in [0.1, 0.15) is 53.4 Å². The van der Waals surface area contributed by atoms with Crippen LogP contribution in [0.5, 0.6) is 0 Å². The highest BCUT2D eigenvalue weighted by atomic mass is 32.1. The summed E-state index contributed by atoms with van der Waals surface area (Å²) in [6.45, 7) is 7.98. The van der Waals surface area contributed by atoms with Crippen LogP contribution < -0.4 is 5.73 Å². The number of aromatic nitrogens is 2. The number of benzene rings is 2. The van der Waals surface area contributed by atoms with E-state index >= 15 is 0 Å². The van der Waals surface area contributed by atoms with Gasteiger partial charge in [-0.15, -0.1) is 16.4 Å². The van der Waals surface area contributed by atoms with Crippen LogP contribution in [-0.4, -0.2) is 26.8 Å². The van der Waals surface area contributed by atoms with Crippen LogP contribution in [0.2, 0.25) is 0 Å². The normalized spacial score (nSPS) is 12.3. The maximum atomic E-state index is 12.4. The van der Waals surface area contributed by atoms with E-state index < -0.39 is 11.8 Å². The number of fused-ring (bicyclic) bond motifs is 4. The van der Waals surface area contributed by atoms with Crippen LogP contribution in [0.15, 0.2) is 48.5 Å². The summed E-state index contributed by atoms with van der Waals surface area (Å²) in [4.78, 5) is 39.1. The lowest BCUT2D eigenvalue weighted by atomic mass is 10.1. The number of nitrogen functional groups attached to an aromatic ring is 1. The third-order valence-corrected chi connectivity index (χ3v) is 5.44. The minimum Gasteiger partial charge on any atom is -0.382 e. The molecule has 2 aromatic heterocycles. The van der Waals surface area contributed by atoms with E-state index in [0.717, 1.165) is 20.7 Å². The summed E-state index contributed by atoms with van der Waals surface area (Å²) >= 11 is 1.41. The Morgan fingerprint density at radius 2 is 1.48 bits per heavy atom. The van der Waals surface area contributed by atoms with Gasteiger partial charge in [0.2, 0.25) is 0 Å². The Kier molecular flexibility index (Phi) is 6.94. The first-order chi connectivity index (χ1) is 15.1. The quantitative estimate of drug-likeness (QED) is 0.443. The lowest BCUT2D eigenvalue weighted by Gasteiger charge is -2.11. The fraction of sp³-hybridized carbons (Fsp3) is 0.217. The first-order valence-corrected chi connectivity index (χ1v) is 11.0. The van der Waals surface area contributed by atoms with Crippen molar-refractivity contribution in [3.8, 4) is 0 Å². The summed E-state index contributed by atoms with van der Waals surface area (Å²) in [5.74, 6) is -0.599. The summed E-state index contributed by atoms with van der Waals surface area (Å²) in [5.41, 5.74) is 8.09. The maximum absolute atomic E-state index is 12.4. The second kappa shape index (κ2) is 9.63. The number of para-hydroxylation sites is 1. The molecule has 8 heteroatoms. The van der Waals surface area contributed by atoms with Crippen molar-refractivity contribution < 1.29 is 14.4 Å². The second-order valence-electron chi connectivity index (χ2n) is 6.02. The number of carbonyl (C=O) groups is 2. The Morgan fingerprint density at radius 3 is 2.13 bits per heavy atom. The van der Waals surface area contributed by atoms with Crippen LogP contribution >= 0.6 is 11.3 Å². The lowest BCUT2D eigenvalue weighted by molar-refractivity contribution is -0.101. The molecule has 3 heterocycles. The molecule has 0 radical (unpaired) electrons. The van der Waals surface area contributed by atoms with Gasteiger partial charge in [-0.2, -0.15) is 0 Å². The molecule has 2 amide bonds. The standard InChI is InChI=1S/C19H12N4O3S.2C2H6/c20-17-15-16(12-7-3-4-8-13(12)21-17)27-14(22-15)9-26-23-18(24)10-5-1-2-6-11(10)19(23)25;2*1-2/h1-8H,9H2,(H2,20,21);2*1-2H3. The average Bonchev–Trinajstić information content (AvgIpc) is 3.36. The van der Waals surface area contributed by atoms with E-state index in [0.29, 0.717) is 27.5 Å². The van der Waals surface area contributed by atoms with Gasteiger partial charge < -0.3 is 5.73 Å². The van der Waals surface area contributed by atoms with Crippen molar-refractivity contribution in [3.05, 3.63) is 64.7 Å². The van der Waals surface area contributed by atoms with E-state index in [2.05, 4.69) is 9.97 Å². The van der Waals surface area contributed by atoms with Crippen LogP contribution in [0.25, 0.3) is 21.1 Å². The van der Waals surface area contributed by atoms with Crippen molar-refractivity contribution in [2.24, 2.45) is 0 Å². The number of nitrogens with zero attached hydrogens (tertiary/aromatic N) is 3. The van der Waals surface area contributed by atoms with E-state index in [9.17, 15) is 9.59 Å². The van der Waals surface area contributed by atoms with Crippen LogP contribution in [0.3, 0.4) is 0 Å². The second-order valence-corrected chi connectivity index (χ2v) is 7.11. The van der Waals surface area contributed by atoms with Gasteiger partial charge in [0.25, 0.3) is 11.8 Å². The van der Waals surface area contributed by atoms with Gasteiger partial charge in [0.05, 0.1) is 21.3 Å². The van der Waals surface area contributed by atoms with Gasteiger partial charge in [0, 0.05) is 5.39 Å². The summed E-state index contributed by atoms with van der Waals surface area (Å²) in [7, 11) is 0. The number of hydroxylamine groups is 2. The number of imide groups is 1. The third kappa shape index (κ3) is 3.99. The topological polar surface area (TPSA) is 98.4 Å². The molecule has 4 aromatic rings. The summed E-state index contributed by atoms with van der Waals surface area (Å²) in [6, 6.07) is 14.3. The number of amides is 2.